The van der Waals surface area contributed by atoms with Gasteiger partial charge in [0, 0.05) is 12.3 Å². The van der Waals surface area contributed by atoms with Crippen molar-refractivity contribution in [2.75, 3.05) is 13.2 Å². The molecule has 178 valence electrons. The van der Waals surface area contributed by atoms with Crippen LogP contribution in [-0.4, -0.2) is 36.4 Å². The van der Waals surface area contributed by atoms with Crippen molar-refractivity contribution in [3.8, 4) is 71.5 Å². The van der Waals surface area contributed by atoms with Crippen molar-refractivity contribution in [2.45, 2.75) is 83.7 Å². The number of carbonyl (C=O) groups excluding carboxylic acids is 2. The van der Waals surface area contributed by atoms with E-state index in [1.807, 2.05) is 0 Å². The Kier molecular flexibility index (Phi) is 21.3. The van der Waals surface area contributed by atoms with E-state index < -0.39 is 24.6 Å². The summed E-state index contributed by atoms with van der Waals surface area (Å²) in [6.45, 7) is 1.48. The minimum atomic E-state index is -0.922. The first kappa shape index (κ1) is 30.3. The lowest BCUT2D eigenvalue weighted by atomic mass is 10.1. The molecule has 0 amide bonds. The first-order valence-electron chi connectivity index (χ1n) is 11.6. The van der Waals surface area contributed by atoms with Gasteiger partial charge in [0.1, 0.15) is 6.61 Å². The van der Waals surface area contributed by atoms with Crippen LogP contribution in [0.25, 0.3) is 0 Å². The zero-order chi connectivity index (χ0) is 25.1. The highest BCUT2D eigenvalue weighted by Crippen LogP contribution is 2.11. The normalized spacial score (nSPS) is 9.32. The number of carbonyl (C=O) groups is 2. The summed E-state index contributed by atoms with van der Waals surface area (Å²) in [5.74, 6) is 24.4. The molecule has 0 fully saturated rings. The van der Waals surface area contributed by atoms with Gasteiger partial charge in [-0.1, -0.05) is 64.7 Å². The van der Waals surface area contributed by atoms with Crippen LogP contribution in [-0.2, 0) is 19.1 Å². The molecule has 0 aliphatic heterocycles. The third-order valence-electron chi connectivity index (χ3n) is 4.37. The molecule has 0 aliphatic carbocycles. The molecule has 0 aromatic carbocycles. The molecule has 0 spiro atoms. The highest BCUT2D eigenvalue weighted by molar-refractivity contribution is 5.89. The number of hydrogen-bond donors (Lipinski definition) is 1. The van der Waals surface area contributed by atoms with Crippen LogP contribution in [0.15, 0.2) is 0 Å². The number of aliphatic hydroxyl groups is 1. The smallest absolute Gasteiger partial charge is 0.385 e. The summed E-state index contributed by atoms with van der Waals surface area (Å²) in [6.07, 6.45) is 16.0. The Balaban J connectivity index is 4.02. The lowest BCUT2D eigenvalue weighted by Gasteiger charge is -2.14. The minimum absolute atomic E-state index is 0.276. The fourth-order valence-electron chi connectivity index (χ4n) is 2.67. The number of rotatable bonds is 15. The van der Waals surface area contributed by atoms with Crippen LogP contribution in [0.4, 0.5) is 0 Å². The number of aliphatic hydroxyl groups excluding tert-OH is 1. The van der Waals surface area contributed by atoms with Gasteiger partial charge in [0.15, 0.2) is 6.10 Å². The molecule has 0 aromatic heterocycles. The van der Waals surface area contributed by atoms with Crippen molar-refractivity contribution in [3.63, 3.8) is 0 Å². The van der Waals surface area contributed by atoms with Gasteiger partial charge in [-0.2, -0.15) is 0 Å². The topological polar surface area (TPSA) is 72.8 Å². The zero-order valence-electron chi connectivity index (χ0n) is 19.9. The van der Waals surface area contributed by atoms with Gasteiger partial charge in [0.2, 0.25) is 0 Å². The Morgan fingerprint density at radius 2 is 1.26 bits per heavy atom. The fourth-order valence-corrected chi connectivity index (χ4v) is 2.67. The van der Waals surface area contributed by atoms with E-state index in [0.717, 1.165) is 19.3 Å². The van der Waals surface area contributed by atoms with Gasteiger partial charge < -0.3 is 14.6 Å². The van der Waals surface area contributed by atoms with Crippen LogP contribution in [0.3, 0.4) is 0 Å². The second kappa shape index (κ2) is 23.9. The van der Waals surface area contributed by atoms with Crippen LogP contribution in [0.2, 0.25) is 0 Å². The third-order valence-corrected chi connectivity index (χ3v) is 4.37. The maximum Gasteiger partial charge on any atom is 0.385 e. The molecule has 0 aliphatic rings. The molecular weight excluding hydrogens is 428 g/mol. The highest BCUT2D eigenvalue weighted by Gasteiger charge is 2.15. The van der Waals surface area contributed by atoms with Gasteiger partial charge >= 0.3 is 11.9 Å². The predicted molar refractivity (Wildman–Crippen MR) is 132 cm³/mol. The zero-order valence-corrected chi connectivity index (χ0v) is 19.9. The van der Waals surface area contributed by atoms with Crippen LogP contribution >= 0.6 is 0 Å². The van der Waals surface area contributed by atoms with Crippen molar-refractivity contribution in [3.05, 3.63) is 0 Å². The predicted octanol–water partition coefficient (Wildman–Crippen LogP) is 3.39. The molecule has 1 N–H and O–H groups in total. The van der Waals surface area contributed by atoms with E-state index >= 15 is 0 Å². The molecule has 1 atom stereocenters. The Labute approximate surface area is 204 Å². The Morgan fingerprint density at radius 1 is 0.765 bits per heavy atom. The Hall–Kier alpha value is -3.74. The first-order chi connectivity index (χ1) is 16.6. The molecular formula is C29H32O5. The van der Waals surface area contributed by atoms with E-state index in [9.17, 15) is 14.7 Å². The molecule has 0 saturated carbocycles. The third kappa shape index (κ3) is 21.5. The van der Waals surface area contributed by atoms with E-state index in [0.29, 0.717) is 0 Å². The summed E-state index contributed by atoms with van der Waals surface area (Å²) < 4.78 is 10.0. The summed E-state index contributed by atoms with van der Waals surface area (Å²) in [4.78, 5) is 23.5. The molecule has 0 aromatic rings. The molecule has 5 nitrogen and oxygen atoms in total. The van der Waals surface area contributed by atoms with Crippen LogP contribution in [0.1, 0.15) is 77.6 Å². The first-order valence-corrected chi connectivity index (χ1v) is 11.6. The van der Waals surface area contributed by atoms with Crippen LogP contribution < -0.4 is 0 Å². The van der Waals surface area contributed by atoms with Crippen molar-refractivity contribution in [1.29, 1.82) is 0 Å². The molecule has 0 unspecified atom stereocenters. The Bertz CT molecular complexity index is 959. The number of terminal acetylenes is 1. The molecule has 0 radical (unpaired) electrons. The van der Waals surface area contributed by atoms with Gasteiger partial charge in [-0.15, -0.1) is 6.42 Å². The number of esters is 2. The lowest BCUT2D eigenvalue weighted by molar-refractivity contribution is -0.159. The monoisotopic (exact) mass is 460 g/mol. The molecule has 34 heavy (non-hydrogen) atoms. The average Bonchev–Trinajstić information content (AvgIpc) is 2.84. The fraction of sp³-hybridized carbons (Fsp3) is 0.517. The lowest BCUT2D eigenvalue weighted by Crippen LogP contribution is -2.28. The number of hydrogen-bond acceptors (Lipinski definition) is 5. The quantitative estimate of drug-likeness (QED) is 0.176. The summed E-state index contributed by atoms with van der Waals surface area (Å²) in [7, 11) is 0. The molecule has 0 saturated heterocycles. The van der Waals surface area contributed by atoms with Gasteiger partial charge in [0.05, 0.1) is 6.61 Å². The van der Waals surface area contributed by atoms with Gasteiger partial charge in [-0.25, -0.2) is 4.79 Å². The van der Waals surface area contributed by atoms with Gasteiger partial charge in [-0.05, 0) is 65.6 Å². The number of ether oxygens (including phenoxy) is 2. The molecule has 5 heteroatoms. The average molecular weight is 461 g/mol. The molecule has 0 bridgehead atoms. The molecule has 0 heterocycles. The standard InChI is InChI=1S/C29H32O5/c1-3-5-7-9-11-13-15-17-19-21-23-28(31)33-26-27(25-30)34-29(32)24-22-20-18-16-14-12-10-8-6-4-2/h1,27,30H,4,6,8,10,12,14,16,18,20,22,24-26H2,2H3/t27-/m0/s1. The van der Waals surface area contributed by atoms with E-state index in [1.165, 1.54) is 44.9 Å². The Morgan fingerprint density at radius 3 is 1.79 bits per heavy atom. The van der Waals surface area contributed by atoms with Crippen molar-refractivity contribution in [1.82, 2.24) is 0 Å². The summed E-state index contributed by atoms with van der Waals surface area (Å²) in [6, 6.07) is 0. The maximum absolute atomic E-state index is 11.9. The summed E-state index contributed by atoms with van der Waals surface area (Å²) in [5.41, 5.74) is 0. The highest BCUT2D eigenvalue weighted by atomic mass is 16.6. The second-order valence-corrected chi connectivity index (χ2v) is 7.22. The van der Waals surface area contributed by atoms with Crippen molar-refractivity contribution < 1.29 is 24.2 Å². The van der Waals surface area contributed by atoms with Gasteiger partial charge in [-0.3, -0.25) is 4.79 Å². The van der Waals surface area contributed by atoms with E-state index in [4.69, 9.17) is 15.9 Å². The van der Waals surface area contributed by atoms with Crippen molar-refractivity contribution >= 4 is 11.9 Å². The summed E-state index contributed by atoms with van der Waals surface area (Å²) in [5, 5.41) is 9.33. The van der Waals surface area contributed by atoms with E-state index in [-0.39, 0.29) is 13.0 Å². The largest absolute Gasteiger partial charge is 0.456 e. The minimum Gasteiger partial charge on any atom is -0.456 e. The number of unbranched alkanes of at least 4 members (excludes halogenated alkanes) is 9. The SMILES string of the molecule is C#CC#CC#CC#CC#CC#CC(=O)OC[C@H](CO)OC(=O)CCCCCCCCCCCC. The van der Waals surface area contributed by atoms with E-state index in [1.54, 1.807) is 0 Å². The molecule has 0 rings (SSSR count). The van der Waals surface area contributed by atoms with Crippen LogP contribution in [0, 0.1) is 71.5 Å². The summed E-state index contributed by atoms with van der Waals surface area (Å²) >= 11 is 0. The maximum atomic E-state index is 11.9. The van der Waals surface area contributed by atoms with Gasteiger partial charge in [0.25, 0.3) is 0 Å². The van der Waals surface area contributed by atoms with E-state index in [2.05, 4.69) is 72.0 Å². The van der Waals surface area contributed by atoms with Crippen molar-refractivity contribution in [2.24, 2.45) is 0 Å². The second-order valence-electron chi connectivity index (χ2n) is 7.22. The van der Waals surface area contributed by atoms with Crippen LogP contribution in [0.5, 0.6) is 0 Å².